The van der Waals surface area contributed by atoms with E-state index in [9.17, 15) is 0 Å². The highest BCUT2D eigenvalue weighted by atomic mass is 16.5. The van der Waals surface area contributed by atoms with Gasteiger partial charge in [-0.25, -0.2) is 0 Å². The monoisotopic (exact) mass is 226 g/mol. The van der Waals surface area contributed by atoms with Crippen LogP contribution in [0.1, 0.15) is 38.5 Å². The molecular weight excluding hydrogens is 200 g/mol. The predicted octanol–water partition coefficient (Wildman–Crippen LogP) is 1.63. The van der Waals surface area contributed by atoms with Gasteiger partial charge >= 0.3 is 0 Å². The Morgan fingerprint density at radius 1 is 1.31 bits per heavy atom. The van der Waals surface area contributed by atoms with E-state index in [1.54, 1.807) is 0 Å². The van der Waals surface area contributed by atoms with Crippen molar-refractivity contribution in [3.8, 4) is 0 Å². The summed E-state index contributed by atoms with van der Waals surface area (Å²) >= 11 is 0. The minimum atomic E-state index is 0.300. The Labute approximate surface area is 99.5 Å². The Balaban J connectivity index is 1.72. The first kappa shape index (κ1) is 12.3. The highest BCUT2D eigenvalue weighted by molar-refractivity contribution is 4.93. The standard InChI is InChI=1S/C13H26N2O/c1-14-9-10-15(2)11-12-5-8-13(16-12)6-3-4-7-13/h12,14H,3-11H2,1-2H3. The summed E-state index contributed by atoms with van der Waals surface area (Å²) < 4.78 is 6.30. The van der Waals surface area contributed by atoms with Crippen LogP contribution < -0.4 is 5.32 Å². The molecule has 1 aliphatic heterocycles. The van der Waals surface area contributed by atoms with E-state index in [1.807, 2.05) is 7.05 Å². The van der Waals surface area contributed by atoms with Crippen LogP contribution in [0.5, 0.6) is 0 Å². The molecular formula is C13H26N2O. The SMILES string of the molecule is CNCCN(C)CC1CCC2(CCCC2)O1. The molecule has 1 heterocycles. The van der Waals surface area contributed by atoms with Crippen molar-refractivity contribution in [2.24, 2.45) is 0 Å². The third-order valence-electron chi connectivity index (χ3n) is 4.11. The van der Waals surface area contributed by atoms with Crippen molar-refractivity contribution in [1.29, 1.82) is 0 Å². The molecule has 0 aromatic rings. The molecule has 0 bridgehead atoms. The number of hydrogen-bond acceptors (Lipinski definition) is 3. The molecule has 2 rings (SSSR count). The van der Waals surface area contributed by atoms with Crippen LogP contribution in [-0.2, 0) is 4.74 Å². The van der Waals surface area contributed by atoms with Crippen LogP contribution in [0.4, 0.5) is 0 Å². The largest absolute Gasteiger partial charge is 0.370 e. The van der Waals surface area contributed by atoms with Crippen LogP contribution in [0.25, 0.3) is 0 Å². The molecule has 1 N–H and O–H groups in total. The highest BCUT2D eigenvalue weighted by Crippen LogP contribution is 2.43. The normalized spacial score (nSPS) is 28.3. The van der Waals surface area contributed by atoms with E-state index in [0.29, 0.717) is 11.7 Å². The van der Waals surface area contributed by atoms with Gasteiger partial charge in [0.15, 0.2) is 0 Å². The Kier molecular flexibility index (Phi) is 4.22. The fourth-order valence-corrected chi connectivity index (χ4v) is 3.15. The molecule has 0 amide bonds. The molecule has 0 aromatic carbocycles. The summed E-state index contributed by atoms with van der Waals surface area (Å²) in [7, 11) is 4.20. The Morgan fingerprint density at radius 3 is 2.75 bits per heavy atom. The Bertz CT molecular complexity index is 214. The molecule has 0 radical (unpaired) electrons. The van der Waals surface area contributed by atoms with Crippen molar-refractivity contribution in [3.63, 3.8) is 0 Å². The van der Waals surface area contributed by atoms with Crippen molar-refractivity contribution in [2.75, 3.05) is 33.7 Å². The average Bonchev–Trinajstić information content (AvgIpc) is 2.87. The molecule has 0 aromatic heterocycles. The first-order valence-electron chi connectivity index (χ1n) is 6.75. The lowest BCUT2D eigenvalue weighted by Gasteiger charge is -2.26. The second-order valence-electron chi connectivity index (χ2n) is 5.53. The maximum atomic E-state index is 6.30. The van der Waals surface area contributed by atoms with Crippen molar-refractivity contribution in [3.05, 3.63) is 0 Å². The van der Waals surface area contributed by atoms with Gasteiger partial charge in [-0.3, -0.25) is 0 Å². The topological polar surface area (TPSA) is 24.5 Å². The van der Waals surface area contributed by atoms with Crippen LogP contribution >= 0.6 is 0 Å². The summed E-state index contributed by atoms with van der Waals surface area (Å²) in [6.07, 6.45) is 8.43. The summed E-state index contributed by atoms with van der Waals surface area (Å²) in [5.74, 6) is 0. The van der Waals surface area contributed by atoms with Gasteiger partial charge in [-0.05, 0) is 39.8 Å². The summed E-state index contributed by atoms with van der Waals surface area (Å²) in [4.78, 5) is 2.38. The van der Waals surface area contributed by atoms with E-state index in [-0.39, 0.29) is 0 Å². The van der Waals surface area contributed by atoms with Gasteiger partial charge in [0.1, 0.15) is 0 Å². The lowest BCUT2D eigenvalue weighted by Crippen LogP contribution is -2.35. The van der Waals surface area contributed by atoms with Gasteiger partial charge in [0.2, 0.25) is 0 Å². The van der Waals surface area contributed by atoms with E-state index in [2.05, 4.69) is 17.3 Å². The molecule has 3 nitrogen and oxygen atoms in total. The maximum Gasteiger partial charge on any atom is 0.0710 e. The number of likely N-dealkylation sites (N-methyl/N-ethyl adjacent to an activating group) is 2. The van der Waals surface area contributed by atoms with E-state index in [1.165, 1.54) is 38.5 Å². The fourth-order valence-electron chi connectivity index (χ4n) is 3.15. The van der Waals surface area contributed by atoms with Crippen molar-refractivity contribution in [2.45, 2.75) is 50.2 Å². The second-order valence-corrected chi connectivity index (χ2v) is 5.53. The third kappa shape index (κ3) is 2.96. The second kappa shape index (κ2) is 5.48. The van der Waals surface area contributed by atoms with Crippen molar-refractivity contribution >= 4 is 0 Å². The molecule has 2 fully saturated rings. The quantitative estimate of drug-likeness (QED) is 0.771. The number of rotatable bonds is 5. The van der Waals surface area contributed by atoms with E-state index < -0.39 is 0 Å². The van der Waals surface area contributed by atoms with Crippen LogP contribution in [0, 0.1) is 0 Å². The summed E-state index contributed by atoms with van der Waals surface area (Å²) in [6, 6.07) is 0. The molecule has 3 heteroatoms. The lowest BCUT2D eigenvalue weighted by atomic mass is 9.98. The molecule has 1 atom stereocenters. The van der Waals surface area contributed by atoms with Crippen LogP contribution in [0.2, 0.25) is 0 Å². The Morgan fingerprint density at radius 2 is 2.06 bits per heavy atom. The zero-order chi connectivity index (χ0) is 11.4. The number of ether oxygens (including phenoxy) is 1. The summed E-state index contributed by atoms with van der Waals surface area (Å²) in [5.41, 5.74) is 0.300. The lowest BCUT2D eigenvalue weighted by molar-refractivity contribution is -0.0449. The van der Waals surface area contributed by atoms with Gasteiger partial charge < -0.3 is 15.0 Å². The molecule has 1 saturated heterocycles. The van der Waals surface area contributed by atoms with Crippen molar-refractivity contribution in [1.82, 2.24) is 10.2 Å². The van der Waals surface area contributed by atoms with Crippen LogP contribution in [-0.4, -0.2) is 50.3 Å². The number of nitrogens with zero attached hydrogens (tertiary/aromatic N) is 1. The molecule has 1 aliphatic carbocycles. The third-order valence-corrected chi connectivity index (χ3v) is 4.11. The summed E-state index contributed by atoms with van der Waals surface area (Å²) in [5, 5.41) is 3.19. The zero-order valence-corrected chi connectivity index (χ0v) is 10.8. The minimum absolute atomic E-state index is 0.300. The predicted molar refractivity (Wildman–Crippen MR) is 66.7 cm³/mol. The van der Waals surface area contributed by atoms with Gasteiger partial charge in [0.05, 0.1) is 11.7 Å². The smallest absolute Gasteiger partial charge is 0.0710 e. The zero-order valence-electron chi connectivity index (χ0n) is 10.8. The highest BCUT2D eigenvalue weighted by Gasteiger charge is 2.42. The number of nitrogens with one attached hydrogen (secondary N) is 1. The van der Waals surface area contributed by atoms with Gasteiger partial charge in [-0.2, -0.15) is 0 Å². The van der Waals surface area contributed by atoms with Crippen LogP contribution in [0.15, 0.2) is 0 Å². The maximum absolute atomic E-state index is 6.30. The van der Waals surface area contributed by atoms with Gasteiger partial charge in [-0.15, -0.1) is 0 Å². The first-order chi connectivity index (χ1) is 7.74. The molecule has 94 valence electrons. The van der Waals surface area contributed by atoms with Gasteiger partial charge in [0.25, 0.3) is 0 Å². The molecule has 1 saturated carbocycles. The van der Waals surface area contributed by atoms with E-state index in [4.69, 9.17) is 4.74 Å². The first-order valence-corrected chi connectivity index (χ1v) is 6.75. The average molecular weight is 226 g/mol. The fraction of sp³-hybridized carbons (Fsp3) is 1.00. The Hall–Kier alpha value is -0.120. The van der Waals surface area contributed by atoms with E-state index >= 15 is 0 Å². The molecule has 2 aliphatic rings. The van der Waals surface area contributed by atoms with Gasteiger partial charge in [0, 0.05) is 19.6 Å². The molecule has 1 unspecified atom stereocenters. The van der Waals surface area contributed by atoms with Gasteiger partial charge in [-0.1, -0.05) is 12.8 Å². The molecule has 1 spiro atoms. The molecule has 16 heavy (non-hydrogen) atoms. The number of hydrogen-bond donors (Lipinski definition) is 1. The minimum Gasteiger partial charge on any atom is -0.370 e. The van der Waals surface area contributed by atoms with Crippen LogP contribution in [0.3, 0.4) is 0 Å². The van der Waals surface area contributed by atoms with Crippen molar-refractivity contribution < 1.29 is 4.74 Å². The summed E-state index contributed by atoms with van der Waals surface area (Å²) in [6.45, 7) is 3.28. The van der Waals surface area contributed by atoms with E-state index in [0.717, 1.165) is 19.6 Å².